The number of hydrogen-bond donors (Lipinski definition) is 1. The molecule has 1 saturated heterocycles. The molecule has 3 heterocycles. The number of aryl methyl sites for hydroxylation is 3. The Morgan fingerprint density at radius 3 is 2.68 bits per heavy atom. The lowest BCUT2D eigenvalue weighted by molar-refractivity contribution is -0.119. The van der Waals surface area contributed by atoms with Crippen LogP contribution in [0.25, 0.3) is 22.2 Å². The van der Waals surface area contributed by atoms with Crippen LogP contribution >= 0.6 is 0 Å². The molecule has 6 nitrogen and oxygen atoms in total. The van der Waals surface area contributed by atoms with Gasteiger partial charge >= 0.3 is 0 Å². The van der Waals surface area contributed by atoms with E-state index >= 15 is 0 Å². The molecule has 6 heteroatoms. The number of amides is 1. The van der Waals surface area contributed by atoms with Crippen molar-refractivity contribution in [1.29, 1.82) is 0 Å². The van der Waals surface area contributed by atoms with Gasteiger partial charge in [-0.05, 0) is 51.3 Å². The highest BCUT2D eigenvalue weighted by molar-refractivity contribution is 6.03. The largest absolute Gasteiger partial charge is 0.361 e. The highest BCUT2D eigenvalue weighted by Gasteiger charge is 2.24. The van der Waals surface area contributed by atoms with Crippen LogP contribution < -0.4 is 4.90 Å². The Balaban J connectivity index is 0.00000182. The summed E-state index contributed by atoms with van der Waals surface area (Å²) in [6.07, 6.45) is 2.58. The molecule has 4 rings (SSSR count). The monoisotopic (exact) mass is 340 g/mol. The van der Waals surface area contributed by atoms with Crippen LogP contribution in [0.15, 0.2) is 16.7 Å². The first-order valence-corrected chi connectivity index (χ1v) is 8.28. The minimum absolute atomic E-state index is 0. The zero-order valence-electron chi connectivity index (χ0n) is 14.1. The van der Waals surface area contributed by atoms with Gasteiger partial charge < -0.3 is 14.4 Å². The van der Waals surface area contributed by atoms with Crippen molar-refractivity contribution in [3.8, 4) is 11.1 Å². The van der Waals surface area contributed by atoms with Gasteiger partial charge in [-0.2, -0.15) is 0 Å². The lowest BCUT2D eigenvalue weighted by atomic mass is 10.0. The van der Waals surface area contributed by atoms with Gasteiger partial charge in [0.05, 0.1) is 16.9 Å². The molecule has 0 saturated carbocycles. The van der Waals surface area contributed by atoms with Crippen LogP contribution in [0.5, 0.6) is 0 Å². The molecule has 3 aromatic rings. The van der Waals surface area contributed by atoms with E-state index in [1.807, 2.05) is 31.7 Å². The summed E-state index contributed by atoms with van der Waals surface area (Å²) in [6, 6.07) is 4.10. The Morgan fingerprint density at radius 2 is 2.00 bits per heavy atom. The number of benzene rings is 1. The summed E-state index contributed by atoms with van der Waals surface area (Å²) in [7, 11) is 0. The number of nitrogens with zero attached hydrogens (tertiary/aromatic N) is 3. The predicted molar refractivity (Wildman–Crippen MR) is 98.7 cm³/mol. The molecule has 1 aromatic carbocycles. The molecule has 132 valence electrons. The Morgan fingerprint density at radius 1 is 1.20 bits per heavy atom. The number of nitrogens with one attached hydrogen (secondary N) is 1. The van der Waals surface area contributed by atoms with Crippen LogP contribution in [0.3, 0.4) is 0 Å². The van der Waals surface area contributed by atoms with E-state index in [2.05, 4.69) is 21.2 Å². The molecule has 1 aliphatic rings. The molecule has 0 unspecified atom stereocenters. The molecule has 1 fully saturated rings. The molecule has 0 aliphatic carbocycles. The van der Waals surface area contributed by atoms with Gasteiger partial charge in [0.2, 0.25) is 5.91 Å². The fourth-order valence-electron chi connectivity index (χ4n) is 3.53. The number of aromatic amines is 1. The normalized spacial score (nSPS) is 14.8. The lowest BCUT2D eigenvalue weighted by Gasteiger charge is -2.27. The van der Waals surface area contributed by atoms with E-state index in [-0.39, 0.29) is 13.3 Å². The maximum Gasteiger partial charge on any atom is 0.227 e. The highest BCUT2D eigenvalue weighted by Crippen LogP contribution is 2.36. The summed E-state index contributed by atoms with van der Waals surface area (Å²) in [5.74, 6) is 1.78. The Labute approximate surface area is 147 Å². The van der Waals surface area contributed by atoms with Crippen molar-refractivity contribution in [2.75, 3.05) is 11.4 Å². The summed E-state index contributed by atoms with van der Waals surface area (Å²) in [6.45, 7) is 6.51. The molecule has 0 spiro atoms. The van der Waals surface area contributed by atoms with E-state index in [1.165, 1.54) is 0 Å². The van der Waals surface area contributed by atoms with Crippen LogP contribution in [0.2, 0.25) is 0 Å². The van der Waals surface area contributed by atoms with Gasteiger partial charge in [0.1, 0.15) is 17.1 Å². The topological polar surface area (TPSA) is 75.0 Å². The number of anilines is 1. The fraction of sp³-hybridized carbons (Fsp3) is 0.421. The first-order chi connectivity index (χ1) is 11.5. The number of piperidine rings is 1. The van der Waals surface area contributed by atoms with E-state index in [4.69, 9.17) is 4.52 Å². The summed E-state index contributed by atoms with van der Waals surface area (Å²) in [5, 5.41) is 4.05. The molecule has 0 atom stereocenters. The summed E-state index contributed by atoms with van der Waals surface area (Å²) < 4.78 is 5.32. The average molecular weight is 340 g/mol. The quantitative estimate of drug-likeness (QED) is 0.755. The number of carbonyl (C=O) groups is 1. The average Bonchev–Trinajstić information content (AvgIpc) is 3.08. The minimum atomic E-state index is 0. The van der Waals surface area contributed by atoms with E-state index in [9.17, 15) is 4.79 Å². The van der Waals surface area contributed by atoms with Gasteiger partial charge in [0.25, 0.3) is 0 Å². The van der Waals surface area contributed by atoms with E-state index in [0.717, 1.165) is 64.5 Å². The molecule has 2 aromatic heterocycles. The summed E-state index contributed by atoms with van der Waals surface area (Å²) in [4.78, 5) is 22.2. The summed E-state index contributed by atoms with van der Waals surface area (Å²) in [5.41, 5.74) is 5.47. The van der Waals surface area contributed by atoms with E-state index < -0.39 is 0 Å². The second kappa shape index (κ2) is 6.35. The lowest BCUT2D eigenvalue weighted by Crippen LogP contribution is -2.35. The highest BCUT2D eigenvalue weighted by atomic mass is 16.5. The van der Waals surface area contributed by atoms with Gasteiger partial charge in [-0.3, -0.25) is 4.79 Å². The molecular weight excluding hydrogens is 316 g/mol. The van der Waals surface area contributed by atoms with Crippen LogP contribution in [-0.2, 0) is 4.79 Å². The van der Waals surface area contributed by atoms with Gasteiger partial charge in [0, 0.05) is 18.5 Å². The minimum Gasteiger partial charge on any atom is -0.361 e. The Kier molecular flexibility index (Phi) is 4.37. The smallest absolute Gasteiger partial charge is 0.227 e. The molecule has 0 radical (unpaired) electrons. The third-order valence-corrected chi connectivity index (χ3v) is 4.62. The van der Waals surface area contributed by atoms with E-state index in [0.29, 0.717) is 6.42 Å². The standard InChI is InChI=1S/C18H20N4O2.CH4/c1-10-17(11(2)24-21-10)13-8-14-18(20-12(3)19-14)15(9-13)22-7-5-4-6-16(22)23;/h8-9H,4-7H2,1-3H3,(H,19,20);1H4. The van der Waals surface area contributed by atoms with Crippen molar-refractivity contribution in [1.82, 2.24) is 15.1 Å². The first-order valence-electron chi connectivity index (χ1n) is 8.28. The second-order valence-electron chi connectivity index (χ2n) is 6.42. The molecule has 0 bridgehead atoms. The Hall–Kier alpha value is -2.63. The van der Waals surface area contributed by atoms with Crippen molar-refractivity contribution >= 4 is 22.6 Å². The molecular formula is C19H24N4O2. The van der Waals surface area contributed by atoms with Crippen molar-refractivity contribution in [2.45, 2.75) is 47.5 Å². The predicted octanol–water partition coefficient (Wildman–Crippen LogP) is 4.30. The van der Waals surface area contributed by atoms with E-state index in [1.54, 1.807) is 0 Å². The van der Waals surface area contributed by atoms with Gasteiger partial charge in [0.15, 0.2) is 0 Å². The first kappa shape index (κ1) is 17.2. The van der Waals surface area contributed by atoms with Crippen LogP contribution in [0.4, 0.5) is 5.69 Å². The molecule has 1 N–H and O–H groups in total. The Bertz CT molecular complexity index is 919. The number of aromatic nitrogens is 3. The molecule has 25 heavy (non-hydrogen) atoms. The zero-order chi connectivity index (χ0) is 16.8. The van der Waals surface area contributed by atoms with Crippen LogP contribution in [-0.4, -0.2) is 27.6 Å². The van der Waals surface area contributed by atoms with Crippen molar-refractivity contribution in [3.05, 3.63) is 29.4 Å². The van der Waals surface area contributed by atoms with Crippen molar-refractivity contribution < 1.29 is 9.32 Å². The third kappa shape index (κ3) is 2.81. The maximum atomic E-state index is 12.4. The van der Waals surface area contributed by atoms with Gasteiger partial charge in [-0.15, -0.1) is 0 Å². The van der Waals surface area contributed by atoms with Gasteiger partial charge in [-0.1, -0.05) is 12.6 Å². The number of fused-ring (bicyclic) bond motifs is 1. The number of H-pyrrole nitrogens is 1. The fourth-order valence-corrected chi connectivity index (χ4v) is 3.53. The molecule has 1 amide bonds. The number of imidazole rings is 1. The maximum absolute atomic E-state index is 12.4. The zero-order valence-corrected chi connectivity index (χ0v) is 14.1. The number of rotatable bonds is 2. The van der Waals surface area contributed by atoms with Crippen LogP contribution in [0.1, 0.15) is 44.0 Å². The third-order valence-electron chi connectivity index (χ3n) is 4.62. The van der Waals surface area contributed by atoms with Crippen molar-refractivity contribution in [2.24, 2.45) is 0 Å². The van der Waals surface area contributed by atoms with Crippen molar-refractivity contribution in [3.63, 3.8) is 0 Å². The number of hydrogen-bond acceptors (Lipinski definition) is 4. The van der Waals surface area contributed by atoms with Crippen LogP contribution in [0, 0.1) is 20.8 Å². The number of carbonyl (C=O) groups excluding carboxylic acids is 1. The molecule has 1 aliphatic heterocycles. The second-order valence-corrected chi connectivity index (χ2v) is 6.42. The SMILES string of the molecule is C.Cc1nc2c(N3CCCCC3=O)cc(-c3c(C)noc3C)cc2[nH]1. The summed E-state index contributed by atoms with van der Waals surface area (Å²) >= 11 is 0. The van der Waals surface area contributed by atoms with Gasteiger partial charge in [-0.25, -0.2) is 4.98 Å².